The van der Waals surface area contributed by atoms with Crippen molar-refractivity contribution in [2.75, 3.05) is 19.8 Å². The molecule has 0 spiro atoms. The van der Waals surface area contributed by atoms with Crippen LogP contribution in [0.3, 0.4) is 0 Å². The zero-order chi connectivity index (χ0) is 13.1. The second-order valence-electron chi connectivity index (χ2n) is 5.84. The smallest absolute Gasteiger partial charge is 0.227 e. The molecule has 0 radical (unpaired) electrons. The molecule has 1 saturated carbocycles. The summed E-state index contributed by atoms with van der Waals surface area (Å²) in [6.07, 6.45) is 2.34. The van der Waals surface area contributed by atoms with Gasteiger partial charge in [0.25, 0.3) is 0 Å². The van der Waals surface area contributed by atoms with Crippen molar-refractivity contribution in [2.24, 2.45) is 17.8 Å². The number of carbonyl (C=O) groups is 1. The van der Waals surface area contributed by atoms with Gasteiger partial charge in [-0.3, -0.25) is 4.79 Å². The van der Waals surface area contributed by atoms with E-state index in [4.69, 9.17) is 4.74 Å². The van der Waals surface area contributed by atoms with Gasteiger partial charge in [0.15, 0.2) is 0 Å². The molecule has 104 valence electrons. The Bertz CT molecular complexity index is 296. The molecular weight excluding hydrogens is 228 g/mol. The normalized spacial score (nSPS) is 40.1. The van der Waals surface area contributed by atoms with Crippen molar-refractivity contribution >= 4 is 5.91 Å². The zero-order valence-electron chi connectivity index (χ0n) is 11.7. The lowest BCUT2D eigenvalue weighted by Gasteiger charge is -2.23. The standard InChI is InChI=1S/C14H26N2O2/c1-4-15-13-8-18-7-11(13)14(17)16-12-6-5-9(2)10(12)3/h9-13,15H,4-8H2,1-3H3,(H,16,17). The molecule has 1 saturated heterocycles. The minimum atomic E-state index is -0.0203. The predicted molar refractivity (Wildman–Crippen MR) is 71.3 cm³/mol. The lowest BCUT2D eigenvalue weighted by Crippen LogP contribution is -2.47. The van der Waals surface area contributed by atoms with Crippen molar-refractivity contribution in [3.8, 4) is 0 Å². The van der Waals surface area contributed by atoms with E-state index in [1.807, 2.05) is 0 Å². The molecular formula is C14H26N2O2. The molecule has 2 fully saturated rings. The number of hydrogen-bond acceptors (Lipinski definition) is 3. The van der Waals surface area contributed by atoms with Crippen LogP contribution in [-0.4, -0.2) is 37.7 Å². The fourth-order valence-electron chi connectivity index (χ4n) is 3.13. The molecule has 0 aromatic rings. The highest BCUT2D eigenvalue weighted by atomic mass is 16.5. The Hall–Kier alpha value is -0.610. The average Bonchev–Trinajstić information content (AvgIpc) is 2.92. The van der Waals surface area contributed by atoms with E-state index in [1.54, 1.807) is 0 Å². The van der Waals surface area contributed by atoms with E-state index in [9.17, 15) is 4.79 Å². The van der Waals surface area contributed by atoms with Gasteiger partial charge in [0.2, 0.25) is 5.91 Å². The Morgan fingerprint density at radius 3 is 2.61 bits per heavy atom. The molecule has 1 aliphatic heterocycles. The number of hydrogen-bond donors (Lipinski definition) is 2. The van der Waals surface area contributed by atoms with E-state index in [1.165, 1.54) is 6.42 Å². The van der Waals surface area contributed by atoms with Crippen LogP contribution < -0.4 is 10.6 Å². The van der Waals surface area contributed by atoms with Crippen LogP contribution in [0, 0.1) is 17.8 Å². The van der Waals surface area contributed by atoms with E-state index in [0.29, 0.717) is 25.2 Å². The summed E-state index contributed by atoms with van der Waals surface area (Å²) in [5, 5.41) is 6.56. The van der Waals surface area contributed by atoms with Crippen LogP contribution in [0.25, 0.3) is 0 Å². The molecule has 5 unspecified atom stereocenters. The molecule has 0 aromatic heterocycles. The molecule has 4 heteroatoms. The second-order valence-corrected chi connectivity index (χ2v) is 5.84. The van der Waals surface area contributed by atoms with Crippen LogP contribution in [-0.2, 0) is 9.53 Å². The van der Waals surface area contributed by atoms with E-state index in [2.05, 4.69) is 31.4 Å². The molecule has 2 rings (SSSR count). The minimum Gasteiger partial charge on any atom is -0.379 e. The molecule has 0 bridgehead atoms. The summed E-state index contributed by atoms with van der Waals surface area (Å²) < 4.78 is 5.43. The summed E-state index contributed by atoms with van der Waals surface area (Å²) in [4.78, 5) is 12.3. The number of carbonyl (C=O) groups excluding carboxylic acids is 1. The fourth-order valence-corrected chi connectivity index (χ4v) is 3.13. The van der Waals surface area contributed by atoms with E-state index in [0.717, 1.165) is 18.9 Å². The van der Waals surface area contributed by atoms with Gasteiger partial charge in [-0.1, -0.05) is 20.8 Å². The number of amides is 1. The van der Waals surface area contributed by atoms with Crippen molar-refractivity contribution in [1.82, 2.24) is 10.6 Å². The van der Waals surface area contributed by atoms with Crippen molar-refractivity contribution < 1.29 is 9.53 Å². The first-order valence-electron chi connectivity index (χ1n) is 7.25. The molecule has 18 heavy (non-hydrogen) atoms. The fraction of sp³-hybridized carbons (Fsp3) is 0.929. The Labute approximate surface area is 110 Å². The van der Waals surface area contributed by atoms with Crippen LogP contribution in [0.4, 0.5) is 0 Å². The van der Waals surface area contributed by atoms with Gasteiger partial charge in [-0.05, 0) is 31.2 Å². The van der Waals surface area contributed by atoms with Gasteiger partial charge in [-0.2, -0.15) is 0 Å². The molecule has 2 N–H and O–H groups in total. The Morgan fingerprint density at radius 2 is 2.00 bits per heavy atom. The number of nitrogens with one attached hydrogen (secondary N) is 2. The Morgan fingerprint density at radius 1 is 1.22 bits per heavy atom. The third kappa shape index (κ3) is 2.86. The van der Waals surface area contributed by atoms with Gasteiger partial charge in [0.05, 0.1) is 19.1 Å². The summed E-state index contributed by atoms with van der Waals surface area (Å²) in [5.74, 6) is 1.46. The third-order valence-corrected chi connectivity index (χ3v) is 4.68. The first-order valence-corrected chi connectivity index (χ1v) is 7.25. The highest BCUT2D eigenvalue weighted by molar-refractivity contribution is 5.80. The number of likely N-dealkylation sites (N-methyl/N-ethyl adjacent to an activating group) is 1. The minimum absolute atomic E-state index is 0.0203. The highest BCUT2D eigenvalue weighted by Crippen LogP contribution is 2.31. The second kappa shape index (κ2) is 6.02. The van der Waals surface area contributed by atoms with Crippen molar-refractivity contribution in [3.63, 3.8) is 0 Å². The first kappa shape index (κ1) is 13.8. The Kier molecular flexibility index (Phi) is 4.62. The van der Waals surface area contributed by atoms with Gasteiger partial charge in [-0.15, -0.1) is 0 Å². The number of rotatable bonds is 4. The van der Waals surface area contributed by atoms with Crippen LogP contribution in [0.5, 0.6) is 0 Å². The van der Waals surface area contributed by atoms with Crippen molar-refractivity contribution in [2.45, 2.75) is 45.7 Å². The SMILES string of the molecule is CCNC1COCC1C(=O)NC1CCC(C)C1C. The van der Waals surface area contributed by atoms with Crippen LogP contribution in [0.2, 0.25) is 0 Å². The van der Waals surface area contributed by atoms with Gasteiger partial charge >= 0.3 is 0 Å². The monoisotopic (exact) mass is 254 g/mol. The van der Waals surface area contributed by atoms with E-state index >= 15 is 0 Å². The molecule has 1 amide bonds. The average molecular weight is 254 g/mol. The number of ether oxygens (including phenoxy) is 1. The van der Waals surface area contributed by atoms with Crippen LogP contribution >= 0.6 is 0 Å². The maximum absolute atomic E-state index is 12.3. The summed E-state index contributed by atoms with van der Waals surface area (Å²) in [7, 11) is 0. The topological polar surface area (TPSA) is 50.4 Å². The molecule has 1 aliphatic carbocycles. The molecule has 1 heterocycles. The van der Waals surface area contributed by atoms with E-state index in [-0.39, 0.29) is 17.9 Å². The summed E-state index contributed by atoms with van der Waals surface area (Å²) >= 11 is 0. The van der Waals surface area contributed by atoms with Gasteiger partial charge in [-0.25, -0.2) is 0 Å². The van der Waals surface area contributed by atoms with Gasteiger partial charge in [0.1, 0.15) is 0 Å². The largest absolute Gasteiger partial charge is 0.379 e. The van der Waals surface area contributed by atoms with Gasteiger partial charge in [0, 0.05) is 12.1 Å². The highest BCUT2D eigenvalue weighted by Gasteiger charge is 2.37. The molecule has 4 nitrogen and oxygen atoms in total. The predicted octanol–water partition coefficient (Wildman–Crippen LogP) is 1.16. The first-order chi connectivity index (χ1) is 8.63. The molecule has 5 atom stereocenters. The summed E-state index contributed by atoms with van der Waals surface area (Å²) in [6.45, 7) is 8.68. The van der Waals surface area contributed by atoms with Crippen molar-refractivity contribution in [1.29, 1.82) is 0 Å². The summed E-state index contributed by atoms with van der Waals surface area (Å²) in [6, 6.07) is 0.541. The van der Waals surface area contributed by atoms with Gasteiger partial charge < -0.3 is 15.4 Å². The summed E-state index contributed by atoms with van der Waals surface area (Å²) in [5.41, 5.74) is 0. The lowest BCUT2D eigenvalue weighted by atomic mass is 9.96. The van der Waals surface area contributed by atoms with Crippen molar-refractivity contribution in [3.05, 3.63) is 0 Å². The zero-order valence-corrected chi connectivity index (χ0v) is 11.7. The molecule has 2 aliphatic rings. The lowest BCUT2D eigenvalue weighted by molar-refractivity contribution is -0.126. The third-order valence-electron chi connectivity index (χ3n) is 4.68. The quantitative estimate of drug-likeness (QED) is 0.791. The maximum Gasteiger partial charge on any atom is 0.227 e. The van der Waals surface area contributed by atoms with Crippen LogP contribution in [0.15, 0.2) is 0 Å². The Balaban J connectivity index is 1.87. The van der Waals surface area contributed by atoms with E-state index < -0.39 is 0 Å². The van der Waals surface area contributed by atoms with Crippen LogP contribution in [0.1, 0.15) is 33.6 Å². The maximum atomic E-state index is 12.3. The molecule has 0 aromatic carbocycles.